The van der Waals surface area contributed by atoms with Crippen LogP contribution in [0, 0.1) is 0 Å². The van der Waals surface area contributed by atoms with E-state index in [2.05, 4.69) is 4.98 Å². The van der Waals surface area contributed by atoms with Gasteiger partial charge in [0.25, 0.3) is 0 Å². The average molecular weight is 168 g/mol. The molecule has 0 spiro atoms. The van der Waals surface area contributed by atoms with E-state index >= 15 is 0 Å². The maximum Gasteiger partial charge on any atom is 0.352 e. The quantitative estimate of drug-likeness (QED) is 0.616. The van der Waals surface area contributed by atoms with Crippen LogP contribution in [0.25, 0.3) is 0 Å². The molecule has 0 aliphatic rings. The Bertz CT molecular complexity index is 268. The SMILES string of the molecule is NCCCc1c[nH]c(C(=O)O)c1. The summed E-state index contributed by atoms with van der Waals surface area (Å²) in [5, 5.41) is 8.57. The van der Waals surface area contributed by atoms with Crippen molar-refractivity contribution in [3.05, 3.63) is 23.5 Å². The molecule has 4 nitrogen and oxygen atoms in total. The molecule has 1 heterocycles. The average Bonchev–Trinajstić information content (AvgIpc) is 2.48. The summed E-state index contributed by atoms with van der Waals surface area (Å²) in [6, 6.07) is 1.64. The van der Waals surface area contributed by atoms with Crippen molar-refractivity contribution in [2.45, 2.75) is 12.8 Å². The van der Waals surface area contributed by atoms with Crippen molar-refractivity contribution in [1.82, 2.24) is 4.98 Å². The Balaban J connectivity index is 2.58. The lowest BCUT2D eigenvalue weighted by molar-refractivity contribution is 0.0691. The minimum Gasteiger partial charge on any atom is -0.477 e. The Morgan fingerprint density at radius 1 is 1.67 bits per heavy atom. The smallest absolute Gasteiger partial charge is 0.352 e. The van der Waals surface area contributed by atoms with Crippen molar-refractivity contribution >= 4 is 5.97 Å². The summed E-state index contributed by atoms with van der Waals surface area (Å²) in [6.45, 7) is 0.633. The molecule has 4 N–H and O–H groups in total. The molecule has 1 rings (SSSR count). The molecule has 0 saturated heterocycles. The highest BCUT2D eigenvalue weighted by atomic mass is 16.4. The summed E-state index contributed by atoms with van der Waals surface area (Å²) in [4.78, 5) is 13.1. The van der Waals surface area contributed by atoms with Crippen LogP contribution in [-0.4, -0.2) is 22.6 Å². The number of carboxylic acids is 1. The summed E-state index contributed by atoms with van der Waals surface area (Å²) < 4.78 is 0. The third kappa shape index (κ3) is 2.10. The predicted molar refractivity (Wildman–Crippen MR) is 45.1 cm³/mol. The molecule has 1 aromatic heterocycles. The summed E-state index contributed by atoms with van der Waals surface area (Å²) in [5.41, 5.74) is 6.55. The molecule has 0 aliphatic heterocycles. The van der Waals surface area contributed by atoms with E-state index < -0.39 is 5.97 Å². The lowest BCUT2D eigenvalue weighted by Gasteiger charge is -1.91. The molecule has 0 radical (unpaired) electrons. The third-order valence-electron chi connectivity index (χ3n) is 1.64. The molecule has 0 unspecified atom stereocenters. The number of nitrogens with one attached hydrogen (secondary N) is 1. The van der Waals surface area contributed by atoms with Gasteiger partial charge in [-0.25, -0.2) is 4.79 Å². The number of carbonyl (C=O) groups is 1. The van der Waals surface area contributed by atoms with Gasteiger partial charge in [-0.15, -0.1) is 0 Å². The Hall–Kier alpha value is -1.29. The molecule has 12 heavy (non-hydrogen) atoms. The van der Waals surface area contributed by atoms with E-state index in [0.29, 0.717) is 6.54 Å². The van der Waals surface area contributed by atoms with Crippen LogP contribution in [0.5, 0.6) is 0 Å². The van der Waals surface area contributed by atoms with E-state index in [1.54, 1.807) is 12.3 Å². The molecule has 4 heteroatoms. The van der Waals surface area contributed by atoms with Crippen molar-refractivity contribution in [3.8, 4) is 0 Å². The molecule has 0 aliphatic carbocycles. The maximum absolute atomic E-state index is 10.4. The zero-order valence-corrected chi connectivity index (χ0v) is 6.71. The Morgan fingerprint density at radius 3 is 2.92 bits per heavy atom. The Kier molecular flexibility index (Phi) is 2.88. The number of H-pyrrole nitrogens is 1. The highest BCUT2D eigenvalue weighted by molar-refractivity contribution is 5.85. The Labute approximate surface area is 70.4 Å². The number of aromatic carboxylic acids is 1. The van der Waals surface area contributed by atoms with E-state index in [-0.39, 0.29) is 5.69 Å². The number of aromatic amines is 1. The van der Waals surface area contributed by atoms with Gasteiger partial charge >= 0.3 is 5.97 Å². The second-order valence-electron chi connectivity index (χ2n) is 2.62. The van der Waals surface area contributed by atoms with Gasteiger partial charge < -0.3 is 15.8 Å². The van der Waals surface area contributed by atoms with Gasteiger partial charge in [-0.2, -0.15) is 0 Å². The standard InChI is InChI=1S/C8H12N2O2/c9-3-1-2-6-4-7(8(11)12)10-5-6/h4-5,10H,1-3,9H2,(H,11,12). The molecule has 0 bridgehead atoms. The highest BCUT2D eigenvalue weighted by Crippen LogP contribution is 2.05. The fourth-order valence-electron chi connectivity index (χ4n) is 1.01. The van der Waals surface area contributed by atoms with Gasteiger partial charge in [-0.05, 0) is 31.0 Å². The van der Waals surface area contributed by atoms with E-state index in [1.165, 1.54) is 0 Å². The van der Waals surface area contributed by atoms with Crippen molar-refractivity contribution in [1.29, 1.82) is 0 Å². The highest BCUT2D eigenvalue weighted by Gasteiger charge is 2.04. The lowest BCUT2D eigenvalue weighted by atomic mass is 10.2. The first-order valence-electron chi connectivity index (χ1n) is 3.84. The van der Waals surface area contributed by atoms with Crippen LogP contribution in [0.3, 0.4) is 0 Å². The zero-order chi connectivity index (χ0) is 8.97. The predicted octanol–water partition coefficient (Wildman–Crippen LogP) is 0.604. The summed E-state index contributed by atoms with van der Waals surface area (Å²) in [6.07, 6.45) is 3.43. The fourth-order valence-corrected chi connectivity index (χ4v) is 1.01. The van der Waals surface area contributed by atoms with Crippen molar-refractivity contribution in [2.24, 2.45) is 5.73 Å². The van der Waals surface area contributed by atoms with Crippen LogP contribution in [0.4, 0.5) is 0 Å². The minimum absolute atomic E-state index is 0.238. The number of nitrogens with two attached hydrogens (primary N) is 1. The summed E-state index contributed by atoms with van der Waals surface area (Å²) in [5.74, 6) is -0.922. The van der Waals surface area contributed by atoms with Crippen molar-refractivity contribution in [2.75, 3.05) is 6.54 Å². The molecule has 0 fully saturated rings. The molecular formula is C8H12N2O2. The fraction of sp³-hybridized carbons (Fsp3) is 0.375. The monoisotopic (exact) mass is 168 g/mol. The second kappa shape index (κ2) is 3.92. The van der Waals surface area contributed by atoms with Gasteiger partial charge in [0, 0.05) is 6.20 Å². The van der Waals surface area contributed by atoms with Crippen LogP contribution in [0.2, 0.25) is 0 Å². The molecule has 66 valence electrons. The number of aryl methyl sites for hydroxylation is 1. The molecule has 0 saturated carbocycles. The maximum atomic E-state index is 10.4. The van der Waals surface area contributed by atoms with Crippen molar-refractivity contribution < 1.29 is 9.90 Å². The first kappa shape index (κ1) is 8.80. The lowest BCUT2D eigenvalue weighted by Crippen LogP contribution is -1.99. The second-order valence-corrected chi connectivity index (χ2v) is 2.62. The van der Waals surface area contributed by atoms with Gasteiger partial charge in [0.2, 0.25) is 0 Å². The topological polar surface area (TPSA) is 79.1 Å². The van der Waals surface area contributed by atoms with E-state index in [4.69, 9.17) is 10.8 Å². The van der Waals surface area contributed by atoms with Gasteiger partial charge in [-0.1, -0.05) is 0 Å². The summed E-state index contributed by atoms with van der Waals surface area (Å²) in [7, 11) is 0. The van der Waals surface area contributed by atoms with Gasteiger partial charge in [0.1, 0.15) is 5.69 Å². The van der Waals surface area contributed by atoms with Gasteiger partial charge in [-0.3, -0.25) is 0 Å². The van der Waals surface area contributed by atoms with E-state index in [9.17, 15) is 4.79 Å². The number of hydrogen-bond donors (Lipinski definition) is 3. The molecule has 0 atom stereocenters. The third-order valence-corrected chi connectivity index (χ3v) is 1.64. The molecular weight excluding hydrogens is 156 g/mol. The molecule has 0 amide bonds. The zero-order valence-electron chi connectivity index (χ0n) is 6.71. The number of aromatic nitrogens is 1. The van der Waals surface area contributed by atoms with Gasteiger partial charge in [0.15, 0.2) is 0 Å². The first-order valence-corrected chi connectivity index (χ1v) is 3.84. The van der Waals surface area contributed by atoms with Gasteiger partial charge in [0.05, 0.1) is 0 Å². The molecule has 1 aromatic rings. The largest absolute Gasteiger partial charge is 0.477 e. The first-order chi connectivity index (χ1) is 5.74. The van der Waals surface area contributed by atoms with Crippen LogP contribution < -0.4 is 5.73 Å². The van der Waals surface area contributed by atoms with Crippen LogP contribution in [0.15, 0.2) is 12.3 Å². The molecule has 0 aromatic carbocycles. The van der Waals surface area contributed by atoms with Crippen LogP contribution in [-0.2, 0) is 6.42 Å². The summed E-state index contributed by atoms with van der Waals surface area (Å²) >= 11 is 0. The van der Waals surface area contributed by atoms with Crippen LogP contribution in [0.1, 0.15) is 22.5 Å². The number of rotatable bonds is 4. The Morgan fingerprint density at radius 2 is 2.42 bits per heavy atom. The number of carboxylic acid groups (broad SMARTS) is 1. The van der Waals surface area contributed by atoms with Crippen molar-refractivity contribution in [3.63, 3.8) is 0 Å². The van der Waals surface area contributed by atoms with E-state index in [0.717, 1.165) is 18.4 Å². The normalized spacial score (nSPS) is 10.1. The number of hydrogen-bond acceptors (Lipinski definition) is 2. The minimum atomic E-state index is -0.922. The van der Waals surface area contributed by atoms with Crippen LogP contribution >= 0.6 is 0 Å². The van der Waals surface area contributed by atoms with E-state index in [1.807, 2.05) is 0 Å².